The molecule has 0 spiro atoms. The van der Waals surface area contributed by atoms with Crippen molar-refractivity contribution in [2.45, 2.75) is 57.3 Å². The minimum atomic E-state index is -1.38. The van der Waals surface area contributed by atoms with Crippen molar-refractivity contribution in [3.8, 4) is 0 Å². The van der Waals surface area contributed by atoms with Crippen molar-refractivity contribution < 1.29 is 4.39 Å². The molecule has 0 saturated heterocycles. The molecule has 6 heteroatoms. The van der Waals surface area contributed by atoms with Crippen LogP contribution in [0.4, 0.5) is 4.39 Å². The van der Waals surface area contributed by atoms with Crippen LogP contribution in [0.5, 0.6) is 0 Å². The van der Waals surface area contributed by atoms with Crippen molar-refractivity contribution in [3.05, 3.63) is 59.7 Å². The van der Waals surface area contributed by atoms with Crippen molar-refractivity contribution in [3.63, 3.8) is 0 Å². The summed E-state index contributed by atoms with van der Waals surface area (Å²) in [4.78, 5) is 15.3. The summed E-state index contributed by atoms with van der Waals surface area (Å²) < 4.78 is 14.7. The Hall–Kier alpha value is -2.31. The van der Waals surface area contributed by atoms with Crippen molar-refractivity contribution in [1.82, 2.24) is 19.9 Å². The molecule has 2 heterocycles. The Morgan fingerprint density at radius 3 is 2.90 bits per heavy atom. The minimum Gasteiger partial charge on any atom is -0.341 e. The molecule has 4 rings (SSSR count). The summed E-state index contributed by atoms with van der Waals surface area (Å²) in [5, 5.41) is 0. The van der Waals surface area contributed by atoms with Gasteiger partial charge in [-0.25, -0.2) is 9.37 Å². The minimum absolute atomic E-state index is 0.0248. The number of nitrogens with zero attached hydrogens (tertiary/aromatic N) is 3. The number of hydrogen-bond donors (Lipinski definition) is 2. The highest BCUT2D eigenvalue weighted by molar-refractivity contribution is 5.74. The fourth-order valence-corrected chi connectivity index (χ4v) is 4.41. The molecule has 3 N–H and O–H groups in total. The molecule has 3 aromatic rings. The van der Waals surface area contributed by atoms with Crippen molar-refractivity contribution >= 4 is 11.0 Å². The van der Waals surface area contributed by atoms with Crippen LogP contribution in [0.3, 0.4) is 0 Å². The lowest BCUT2D eigenvalue weighted by atomic mass is 9.79. The molecule has 2 unspecified atom stereocenters. The van der Waals surface area contributed by atoms with Crippen molar-refractivity contribution in [2.75, 3.05) is 13.1 Å². The van der Waals surface area contributed by atoms with Gasteiger partial charge in [0.2, 0.25) is 0 Å². The average Bonchev–Trinajstić information content (AvgIpc) is 3.14. The van der Waals surface area contributed by atoms with E-state index in [4.69, 9.17) is 15.7 Å². The number of aromatic amines is 1. The van der Waals surface area contributed by atoms with Crippen LogP contribution in [0.15, 0.2) is 42.6 Å². The predicted octanol–water partition coefficient (Wildman–Crippen LogP) is 4.09. The van der Waals surface area contributed by atoms with Crippen LogP contribution in [0.25, 0.3) is 11.0 Å². The highest BCUT2D eigenvalue weighted by atomic mass is 19.1. The number of aryl methyl sites for hydroxylation is 1. The maximum Gasteiger partial charge on any atom is 0.121 e. The number of imidazole rings is 1. The lowest BCUT2D eigenvalue weighted by molar-refractivity contribution is 0.0466. The highest BCUT2D eigenvalue weighted by Gasteiger charge is 2.40. The Bertz CT molecular complexity index is 949. The maximum absolute atomic E-state index is 14.7. The summed E-state index contributed by atoms with van der Waals surface area (Å²) in [5.41, 5.74) is 8.38. The van der Waals surface area contributed by atoms with E-state index in [1.54, 1.807) is 6.92 Å². The zero-order chi connectivity index (χ0) is 20.5. The maximum atomic E-state index is 14.7. The van der Waals surface area contributed by atoms with E-state index in [-0.39, 0.29) is 12.1 Å². The van der Waals surface area contributed by atoms with E-state index in [2.05, 4.69) is 22.9 Å². The third kappa shape index (κ3) is 4.05. The van der Waals surface area contributed by atoms with Crippen LogP contribution >= 0.6 is 0 Å². The molecule has 2 atom stereocenters. The topological polar surface area (TPSA) is 70.8 Å². The largest absolute Gasteiger partial charge is 0.341 e. The third-order valence-corrected chi connectivity index (χ3v) is 6.32. The lowest BCUT2D eigenvalue weighted by Gasteiger charge is -2.44. The van der Waals surface area contributed by atoms with Gasteiger partial charge in [-0.15, -0.1) is 0 Å². The van der Waals surface area contributed by atoms with Crippen LogP contribution in [0.1, 0.15) is 50.2 Å². The summed E-state index contributed by atoms with van der Waals surface area (Å²) in [6, 6.07) is 12.2. The number of halogens is 1. The average molecular weight is 396 g/mol. The molecule has 5 nitrogen and oxygen atoms in total. The van der Waals surface area contributed by atoms with Gasteiger partial charge in [0.1, 0.15) is 11.5 Å². The van der Waals surface area contributed by atoms with E-state index in [1.807, 2.05) is 36.5 Å². The Morgan fingerprint density at radius 2 is 2.10 bits per heavy atom. The number of nitrogens with two attached hydrogens (primary N) is 1. The zero-order valence-electron chi connectivity index (χ0n) is 17.3. The number of hydrogen-bond acceptors (Lipinski definition) is 4. The monoisotopic (exact) mass is 395 g/mol. The number of para-hydroxylation sites is 2. The van der Waals surface area contributed by atoms with Gasteiger partial charge in [0.25, 0.3) is 0 Å². The molecule has 0 saturated carbocycles. The molecule has 0 bridgehead atoms. The molecule has 2 aromatic heterocycles. The van der Waals surface area contributed by atoms with Gasteiger partial charge in [-0.05, 0) is 63.3 Å². The SMILES string of the molecule is CC(F)(CN)CCN(Cc1nc2ccccc2[nH]1)C1(C)CCCc2cccnc21. The van der Waals surface area contributed by atoms with Gasteiger partial charge in [-0.1, -0.05) is 18.2 Å². The first-order valence-electron chi connectivity index (χ1n) is 10.4. The van der Waals surface area contributed by atoms with Gasteiger partial charge >= 0.3 is 0 Å². The highest BCUT2D eigenvalue weighted by Crippen LogP contribution is 2.40. The number of alkyl halides is 1. The molecular formula is C23H30FN5. The number of pyridine rings is 1. The van der Waals surface area contributed by atoms with Crippen LogP contribution in [0, 0.1) is 0 Å². The van der Waals surface area contributed by atoms with Crippen molar-refractivity contribution in [1.29, 1.82) is 0 Å². The van der Waals surface area contributed by atoms with Crippen LogP contribution in [0.2, 0.25) is 0 Å². The van der Waals surface area contributed by atoms with Crippen LogP contribution in [-0.2, 0) is 18.5 Å². The molecule has 154 valence electrons. The smallest absolute Gasteiger partial charge is 0.121 e. The zero-order valence-corrected chi connectivity index (χ0v) is 17.3. The number of aromatic nitrogens is 3. The summed E-state index contributed by atoms with van der Waals surface area (Å²) in [6.07, 6.45) is 5.36. The first-order valence-corrected chi connectivity index (χ1v) is 10.4. The first kappa shape index (κ1) is 20.0. The summed E-state index contributed by atoms with van der Waals surface area (Å²) in [7, 11) is 0. The second kappa shape index (κ2) is 7.84. The molecule has 1 aliphatic carbocycles. The molecule has 0 fully saturated rings. The fraction of sp³-hybridized carbons (Fsp3) is 0.478. The van der Waals surface area contributed by atoms with E-state index in [0.29, 0.717) is 19.5 Å². The summed E-state index contributed by atoms with van der Waals surface area (Å²) in [6.45, 7) is 5.05. The first-order chi connectivity index (χ1) is 13.9. The summed E-state index contributed by atoms with van der Waals surface area (Å²) in [5.74, 6) is 0.892. The van der Waals surface area contributed by atoms with E-state index in [0.717, 1.165) is 41.8 Å². The molecule has 0 radical (unpaired) electrons. The molecule has 1 aromatic carbocycles. The Labute approximate surface area is 171 Å². The second-order valence-electron chi connectivity index (χ2n) is 8.63. The standard InChI is InChI=1S/C23H30FN5/c1-22(24,16-25)12-14-29(15-20-27-18-9-3-4-10-19(18)28-20)23(2)11-5-7-17-8-6-13-26-21(17)23/h3-4,6,8-10,13H,5,7,11-12,14-16,25H2,1-2H3,(H,27,28). The molecule has 1 aliphatic rings. The summed E-state index contributed by atoms with van der Waals surface area (Å²) >= 11 is 0. The predicted molar refractivity (Wildman–Crippen MR) is 114 cm³/mol. The Morgan fingerprint density at radius 1 is 1.28 bits per heavy atom. The molecule has 29 heavy (non-hydrogen) atoms. The van der Waals surface area contributed by atoms with Gasteiger partial charge in [-0.3, -0.25) is 9.88 Å². The van der Waals surface area contributed by atoms with Gasteiger partial charge in [0.15, 0.2) is 0 Å². The third-order valence-electron chi connectivity index (χ3n) is 6.32. The number of rotatable bonds is 7. The lowest BCUT2D eigenvalue weighted by Crippen LogP contribution is -2.48. The fourth-order valence-electron chi connectivity index (χ4n) is 4.41. The number of H-pyrrole nitrogens is 1. The Balaban J connectivity index is 1.68. The van der Waals surface area contributed by atoms with E-state index < -0.39 is 5.67 Å². The van der Waals surface area contributed by atoms with Gasteiger partial charge in [0.05, 0.1) is 28.8 Å². The molecular weight excluding hydrogens is 365 g/mol. The number of nitrogens with one attached hydrogen (secondary N) is 1. The Kier molecular flexibility index (Phi) is 5.40. The van der Waals surface area contributed by atoms with Crippen LogP contribution < -0.4 is 5.73 Å². The van der Waals surface area contributed by atoms with Gasteiger partial charge in [-0.2, -0.15) is 0 Å². The van der Waals surface area contributed by atoms with E-state index in [9.17, 15) is 4.39 Å². The normalized spacial score (nSPS) is 21.3. The van der Waals surface area contributed by atoms with E-state index >= 15 is 0 Å². The van der Waals surface area contributed by atoms with Crippen LogP contribution in [-0.4, -0.2) is 38.6 Å². The van der Waals surface area contributed by atoms with Gasteiger partial charge < -0.3 is 10.7 Å². The molecule has 0 amide bonds. The van der Waals surface area contributed by atoms with Crippen molar-refractivity contribution in [2.24, 2.45) is 5.73 Å². The second-order valence-corrected chi connectivity index (χ2v) is 8.63. The number of benzene rings is 1. The van der Waals surface area contributed by atoms with Gasteiger partial charge in [0, 0.05) is 19.3 Å². The molecule has 0 aliphatic heterocycles. The van der Waals surface area contributed by atoms with E-state index in [1.165, 1.54) is 5.56 Å². The quantitative estimate of drug-likeness (QED) is 0.632. The number of fused-ring (bicyclic) bond motifs is 2.